The lowest BCUT2D eigenvalue weighted by atomic mass is 10.0. The molecule has 0 aliphatic heterocycles. The van der Waals surface area contributed by atoms with E-state index in [1.807, 2.05) is 0 Å². The van der Waals surface area contributed by atoms with Crippen LogP contribution in [0.5, 0.6) is 0 Å². The molecular weight excluding hydrogens is 273 g/mol. The predicted octanol–water partition coefficient (Wildman–Crippen LogP) is 3.81. The molecule has 1 aromatic rings. The predicted molar refractivity (Wildman–Crippen MR) is 67.2 cm³/mol. The molecule has 6 heteroatoms. The molecule has 0 amide bonds. The zero-order valence-corrected chi connectivity index (χ0v) is 11.2. The van der Waals surface area contributed by atoms with Crippen molar-refractivity contribution in [2.75, 3.05) is 0 Å². The highest BCUT2D eigenvalue weighted by molar-refractivity contribution is 5.72. The van der Waals surface area contributed by atoms with E-state index >= 15 is 0 Å². The van der Waals surface area contributed by atoms with E-state index < -0.39 is 24.4 Å². The van der Waals surface area contributed by atoms with Crippen LogP contribution in [0.3, 0.4) is 0 Å². The lowest BCUT2D eigenvalue weighted by Crippen LogP contribution is -2.33. The van der Waals surface area contributed by atoms with Crippen LogP contribution in [0.1, 0.15) is 31.9 Å². The molecular formula is C14H17F3O3. The number of carboxylic acids is 1. The molecule has 0 heterocycles. The summed E-state index contributed by atoms with van der Waals surface area (Å²) in [7, 11) is 0. The van der Waals surface area contributed by atoms with Gasteiger partial charge >= 0.3 is 12.1 Å². The van der Waals surface area contributed by atoms with Crippen LogP contribution in [0.25, 0.3) is 0 Å². The fraction of sp³-hybridized carbons (Fsp3) is 0.500. The van der Waals surface area contributed by atoms with Gasteiger partial charge in [0.05, 0.1) is 0 Å². The number of carbonyl (C=O) groups is 1. The average Bonchev–Trinajstić information content (AvgIpc) is 2.33. The fourth-order valence-electron chi connectivity index (χ4n) is 1.78. The minimum absolute atomic E-state index is 0.0226. The summed E-state index contributed by atoms with van der Waals surface area (Å²) in [6.07, 6.45) is -8.36. The molecule has 0 fully saturated rings. The van der Waals surface area contributed by atoms with Gasteiger partial charge in [0.2, 0.25) is 0 Å². The maximum absolute atomic E-state index is 13.0. The Balaban J connectivity index is 2.98. The second-order valence-corrected chi connectivity index (χ2v) is 4.92. The number of aliphatic carboxylic acids is 1. The fourth-order valence-corrected chi connectivity index (χ4v) is 1.78. The van der Waals surface area contributed by atoms with E-state index in [-0.39, 0.29) is 17.9 Å². The van der Waals surface area contributed by atoms with Gasteiger partial charge in [0.1, 0.15) is 0 Å². The first-order valence-electron chi connectivity index (χ1n) is 6.21. The Morgan fingerprint density at radius 2 is 1.80 bits per heavy atom. The number of hydrogen-bond acceptors (Lipinski definition) is 2. The number of benzene rings is 1. The van der Waals surface area contributed by atoms with E-state index in [1.165, 1.54) is 24.3 Å². The highest BCUT2D eigenvalue weighted by Crippen LogP contribution is 2.37. The summed E-state index contributed by atoms with van der Waals surface area (Å²) in [4.78, 5) is 11.0. The summed E-state index contributed by atoms with van der Waals surface area (Å²) >= 11 is 0. The maximum Gasteiger partial charge on any atom is 0.418 e. The highest BCUT2D eigenvalue weighted by Gasteiger charge is 2.44. The monoisotopic (exact) mass is 290 g/mol. The van der Waals surface area contributed by atoms with Crippen molar-refractivity contribution in [3.05, 3.63) is 35.9 Å². The van der Waals surface area contributed by atoms with E-state index in [0.29, 0.717) is 0 Å². The van der Waals surface area contributed by atoms with Gasteiger partial charge in [-0.2, -0.15) is 13.2 Å². The molecule has 1 N–H and O–H groups in total. The zero-order chi connectivity index (χ0) is 15.3. The van der Waals surface area contributed by atoms with Gasteiger partial charge in [-0.25, -0.2) is 4.79 Å². The Morgan fingerprint density at radius 1 is 1.25 bits per heavy atom. The lowest BCUT2D eigenvalue weighted by molar-refractivity contribution is -0.239. The first-order valence-corrected chi connectivity index (χ1v) is 6.21. The van der Waals surface area contributed by atoms with Crippen LogP contribution in [0.4, 0.5) is 13.2 Å². The van der Waals surface area contributed by atoms with Crippen LogP contribution in [0, 0.1) is 5.92 Å². The third-order valence-electron chi connectivity index (χ3n) is 2.66. The Kier molecular flexibility index (Phi) is 5.56. The number of halogens is 3. The topological polar surface area (TPSA) is 46.5 Å². The largest absolute Gasteiger partial charge is 0.479 e. The van der Waals surface area contributed by atoms with Crippen molar-refractivity contribution < 1.29 is 27.8 Å². The maximum atomic E-state index is 13.0. The van der Waals surface area contributed by atoms with Crippen molar-refractivity contribution in [2.24, 2.45) is 5.92 Å². The lowest BCUT2D eigenvalue weighted by Gasteiger charge is -2.25. The molecule has 0 bridgehead atoms. The van der Waals surface area contributed by atoms with Gasteiger partial charge in [-0.05, 0) is 17.9 Å². The Labute approximate surface area is 115 Å². The summed E-state index contributed by atoms with van der Waals surface area (Å²) in [6, 6.07) is 7.03. The first kappa shape index (κ1) is 16.5. The van der Waals surface area contributed by atoms with E-state index in [2.05, 4.69) is 0 Å². The zero-order valence-electron chi connectivity index (χ0n) is 11.2. The van der Waals surface area contributed by atoms with Gasteiger partial charge in [-0.3, -0.25) is 0 Å². The van der Waals surface area contributed by atoms with Crippen molar-refractivity contribution in [3.63, 3.8) is 0 Å². The molecule has 0 aliphatic rings. The van der Waals surface area contributed by atoms with E-state index in [9.17, 15) is 18.0 Å². The quantitative estimate of drug-likeness (QED) is 0.866. The third-order valence-corrected chi connectivity index (χ3v) is 2.66. The van der Waals surface area contributed by atoms with Gasteiger partial charge in [0.15, 0.2) is 12.2 Å². The van der Waals surface area contributed by atoms with Crippen molar-refractivity contribution in [2.45, 2.75) is 38.7 Å². The second-order valence-electron chi connectivity index (χ2n) is 4.92. The second kappa shape index (κ2) is 6.74. The molecule has 0 radical (unpaired) electrons. The standard InChI is InChI=1S/C14H17F3O3/c1-9(2)8-11(13(18)19)20-12(14(15,16)17)10-6-4-3-5-7-10/h3-7,9,11-12H,8H2,1-2H3,(H,18,19). The molecule has 3 nitrogen and oxygen atoms in total. The number of ether oxygens (including phenoxy) is 1. The molecule has 0 aliphatic carbocycles. The van der Waals surface area contributed by atoms with E-state index in [1.54, 1.807) is 19.9 Å². The summed E-state index contributed by atoms with van der Waals surface area (Å²) in [5.41, 5.74) is -0.102. The van der Waals surface area contributed by atoms with Crippen LogP contribution in [-0.4, -0.2) is 23.4 Å². The Hall–Kier alpha value is -1.56. The molecule has 0 saturated heterocycles. The van der Waals surface area contributed by atoms with Crippen molar-refractivity contribution in [3.8, 4) is 0 Å². The molecule has 2 atom stereocenters. The van der Waals surface area contributed by atoms with Crippen molar-refractivity contribution in [1.29, 1.82) is 0 Å². The van der Waals surface area contributed by atoms with E-state index in [4.69, 9.17) is 9.84 Å². The average molecular weight is 290 g/mol. The van der Waals surface area contributed by atoms with Gasteiger partial charge in [0.25, 0.3) is 0 Å². The van der Waals surface area contributed by atoms with E-state index in [0.717, 1.165) is 0 Å². The Bertz CT molecular complexity index is 429. The molecule has 1 rings (SSSR count). The number of rotatable bonds is 6. The normalized spacial score (nSPS) is 15.1. The summed E-state index contributed by atoms with van der Waals surface area (Å²) in [5.74, 6) is -1.47. The summed E-state index contributed by atoms with van der Waals surface area (Å²) in [6.45, 7) is 3.45. The van der Waals surface area contributed by atoms with Crippen LogP contribution in [0.15, 0.2) is 30.3 Å². The van der Waals surface area contributed by atoms with Gasteiger partial charge < -0.3 is 9.84 Å². The highest BCUT2D eigenvalue weighted by atomic mass is 19.4. The molecule has 1 aromatic carbocycles. The third kappa shape index (κ3) is 4.85. The van der Waals surface area contributed by atoms with Crippen LogP contribution in [-0.2, 0) is 9.53 Å². The summed E-state index contributed by atoms with van der Waals surface area (Å²) < 4.78 is 44.0. The Morgan fingerprint density at radius 3 is 2.20 bits per heavy atom. The summed E-state index contributed by atoms with van der Waals surface area (Å²) in [5, 5.41) is 8.99. The smallest absolute Gasteiger partial charge is 0.418 e. The van der Waals surface area contributed by atoms with Crippen molar-refractivity contribution >= 4 is 5.97 Å². The molecule has 0 saturated carbocycles. The minimum atomic E-state index is -4.66. The first-order chi connectivity index (χ1) is 9.21. The minimum Gasteiger partial charge on any atom is -0.479 e. The van der Waals surface area contributed by atoms with Gasteiger partial charge in [0, 0.05) is 0 Å². The van der Waals surface area contributed by atoms with Crippen LogP contribution >= 0.6 is 0 Å². The molecule has 0 spiro atoms. The number of alkyl halides is 3. The van der Waals surface area contributed by atoms with Crippen molar-refractivity contribution in [1.82, 2.24) is 0 Å². The van der Waals surface area contributed by atoms with Crippen LogP contribution in [0.2, 0.25) is 0 Å². The molecule has 2 unspecified atom stereocenters. The van der Waals surface area contributed by atoms with Gasteiger partial charge in [-0.1, -0.05) is 44.2 Å². The number of hydrogen-bond donors (Lipinski definition) is 1. The number of carboxylic acid groups (broad SMARTS) is 1. The van der Waals surface area contributed by atoms with Crippen LogP contribution < -0.4 is 0 Å². The molecule has 0 aromatic heterocycles. The van der Waals surface area contributed by atoms with Gasteiger partial charge in [-0.15, -0.1) is 0 Å². The molecule has 112 valence electrons. The molecule has 20 heavy (non-hydrogen) atoms. The SMILES string of the molecule is CC(C)CC(OC(c1ccccc1)C(F)(F)F)C(=O)O.